The van der Waals surface area contributed by atoms with Crippen LogP contribution in [0.1, 0.15) is 33.6 Å². The molecule has 20 heavy (non-hydrogen) atoms. The first-order valence-corrected chi connectivity index (χ1v) is 7.28. The fourth-order valence-corrected chi connectivity index (χ4v) is 2.34. The normalized spacial score (nSPS) is 22.3. The number of ether oxygens (including phenoxy) is 1. The molecule has 6 heteroatoms. The summed E-state index contributed by atoms with van der Waals surface area (Å²) in [6.45, 7) is 8.38. The number of amides is 2. The molecule has 0 saturated carbocycles. The molecule has 2 amide bonds. The quantitative estimate of drug-likeness (QED) is 0.696. The lowest BCUT2D eigenvalue weighted by molar-refractivity contribution is -0.142. The Labute approximate surface area is 120 Å². The molecule has 0 aliphatic carbocycles. The maximum Gasteiger partial charge on any atom is 0.326 e. The zero-order valence-corrected chi connectivity index (χ0v) is 12.6. The molecule has 0 spiro atoms. The van der Waals surface area contributed by atoms with Crippen LogP contribution in [-0.2, 0) is 9.53 Å². The third-order valence-corrected chi connectivity index (χ3v) is 3.41. The second-order valence-corrected chi connectivity index (χ2v) is 5.80. The van der Waals surface area contributed by atoms with E-state index in [4.69, 9.17) is 9.84 Å². The molecule has 116 valence electrons. The minimum absolute atomic E-state index is 0.00706. The van der Waals surface area contributed by atoms with Gasteiger partial charge in [0.15, 0.2) is 0 Å². The van der Waals surface area contributed by atoms with Gasteiger partial charge >= 0.3 is 12.0 Å². The van der Waals surface area contributed by atoms with E-state index in [-0.39, 0.29) is 11.9 Å². The highest BCUT2D eigenvalue weighted by Crippen LogP contribution is 2.23. The molecular weight excluding hydrogens is 260 g/mol. The molecule has 2 N–H and O–H groups in total. The number of carboxylic acid groups (broad SMARTS) is 1. The van der Waals surface area contributed by atoms with Gasteiger partial charge in [-0.2, -0.15) is 0 Å². The van der Waals surface area contributed by atoms with E-state index < -0.39 is 12.0 Å². The molecule has 0 aromatic rings. The highest BCUT2D eigenvalue weighted by Gasteiger charge is 2.39. The Morgan fingerprint density at radius 1 is 1.45 bits per heavy atom. The lowest BCUT2D eigenvalue weighted by atomic mass is 10.0. The van der Waals surface area contributed by atoms with Crippen LogP contribution >= 0.6 is 0 Å². The number of rotatable bonds is 7. The summed E-state index contributed by atoms with van der Waals surface area (Å²) < 4.78 is 5.42. The molecule has 0 aromatic carbocycles. The average molecular weight is 286 g/mol. The average Bonchev–Trinajstić information content (AvgIpc) is 2.75. The van der Waals surface area contributed by atoms with Crippen molar-refractivity contribution in [2.24, 2.45) is 11.8 Å². The van der Waals surface area contributed by atoms with Gasteiger partial charge in [-0.05, 0) is 24.7 Å². The van der Waals surface area contributed by atoms with Crippen molar-refractivity contribution in [3.05, 3.63) is 0 Å². The summed E-state index contributed by atoms with van der Waals surface area (Å²) in [4.78, 5) is 24.5. The maximum atomic E-state index is 12.0. The summed E-state index contributed by atoms with van der Waals surface area (Å²) in [5.74, 6) is -0.412. The Balaban J connectivity index is 2.24. The van der Waals surface area contributed by atoms with Crippen molar-refractivity contribution in [3.63, 3.8) is 0 Å². The Morgan fingerprint density at radius 2 is 2.15 bits per heavy atom. The number of hydrogen-bond donors (Lipinski definition) is 2. The molecule has 6 nitrogen and oxygen atoms in total. The first-order valence-electron chi connectivity index (χ1n) is 7.28. The van der Waals surface area contributed by atoms with Gasteiger partial charge in [0.25, 0.3) is 0 Å². The Kier molecular flexibility index (Phi) is 6.78. The highest BCUT2D eigenvalue weighted by molar-refractivity contribution is 5.83. The predicted octanol–water partition coefficient (Wildman–Crippen LogP) is 1.55. The van der Waals surface area contributed by atoms with E-state index >= 15 is 0 Å². The van der Waals surface area contributed by atoms with Gasteiger partial charge in [-0.15, -0.1) is 0 Å². The van der Waals surface area contributed by atoms with E-state index in [0.717, 1.165) is 19.4 Å². The molecule has 1 aliphatic rings. The smallest absolute Gasteiger partial charge is 0.326 e. The minimum Gasteiger partial charge on any atom is -0.480 e. The third-order valence-electron chi connectivity index (χ3n) is 3.41. The van der Waals surface area contributed by atoms with Gasteiger partial charge < -0.3 is 20.1 Å². The summed E-state index contributed by atoms with van der Waals surface area (Å²) in [7, 11) is 0. The molecule has 1 heterocycles. The van der Waals surface area contributed by atoms with E-state index in [0.29, 0.717) is 25.6 Å². The zero-order valence-electron chi connectivity index (χ0n) is 12.6. The van der Waals surface area contributed by atoms with Crippen LogP contribution < -0.4 is 5.32 Å². The second-order valence-electron chi connectivity index (χ2n) is 5.80. The minimum atomic E-state index is -0.926. The van der Waals surface area contributed by atoms with Gasteiger partial charge in [0.05, 0.1) is 0 Å². The van der Waals surface area contributed by atoms with Crippen molar-refractivity contribution >= 4 is 12.0 Å². The molecule has 2 atom stereocenters. The van der Waals surface area contributed by atoms with Crippen LogP contribution in [0.15, 0.2) is 0 Å². The Morgan fingerprint density at radius 3 is 2.75 bits per heavy atom. The summed E-state index contributed by atoms with van der Waals surface area (Å²) in [5, 5.41) is 11.9. The second kappa shape index (κ2) is 8.09. The Bertz CT molecular complexity index is 333. The van der Waals surface area contributed by atoms with E-state index in [1.54, 1.807) is 0 Å². The fraction of sp³-hybridized carbons (Fsp3) is 0.857. The zero-order chi connectivity index (χ0) is 15.1. The molecule has 0 aromatic heterocycles. The number of carbonyl (C=O) groups is 2. The number of carbonyl (C=O) groups excluding carboxylic acids is 1. The number of hydrogen-bond acceptors (Lipinski definition) is 3. The summed E-state index contributed by atoms with van der Waals surface area (Å²) in [6, 6.07) is -0.988. The molecule has 1 rings (SSSR count). The number of nitrogens with zero attached hydrogens (tertiary/aromatic N) is 1. The van der Waals surface area contributed by atoms with Crippen molar-refractivity contribution < 1.29 is 19.4 Å². The maximum absolute atomic E-state index is 12.0. The number of aliphatic carboxylic acids is 1. The first-order chi connectivity index (χ1) is 9.43. The molecule has 1 aliphatic heterocycles. The third kappa shape index (κ3) is 5.00. The number of urea groups is 1. The van der Waals surface area contributed by atoms with Gasteiger partial charge in [-0.3, -0.25) is 0 Å². The van der Waals surface area contributed by atoms with Crippen LogP contribution in [-0.4, -0.2) is 54.4 Å². The molecule has 0 radical (unpaired) electrons. The lowest BCUT2D eigenvalue weighted by Crippen LogP contribution is -2.47. The summed E-state index contributed by atoms with van der Waals surface area (Å²) in [5.41, 5.74) is 0. The predicted molar refractivity (Wildman–Crippen MR) is 75.6 cm³/mol. The van der Waals surface area contributed by atoms with E-state index in [2.05, 4.69) is 19.2 Å². The van der Waals surface area contributed by atoms with E-state index in [1.807, 2.05) is 6.92 Å². The van der Waals surface area contributed by atoms with Crippen molar-refractivity contribution in [1.29, 1.82) is 0 Å². The van der Waals surface area contributed by atoms with Crippen LogP contribution in [0, 0.1) is 11.8 Å². The van der Waals surface area contributed by atoms with Crippen LogP contribution in [0.5, 0.6) is 0 Å². The summed E-state index contributed by atoms with van der Waals surface area (Å²) in [6.07, 6.45) is 1.47. The molecule has 1 fully saturated rings. The lowest BCUT2D eigenvalue weighted by Gasteiger charge is -2.23. The topological polar surface area (TPSA) is 78.9 Å². The van der Waals surface area contributed by atoms with Gasteiger partial charge in [-0.1, -0.05) is 20.8 Å². The standard InChI is InChI=1S/C14H26N2O4/c1-10(2)9-20-8-4-6-15-14(19)16-7-5-11(3)12(16)13(17)18/h10-12H,4-9H2,1-3H3,(H,15,19)(H,17,18). The van der Waals surface area contributed by atoms with Crippen LogP contribution in [0.4, 0.5) is 4.79 Å². The van der Waals surface area contributed by atoms with Gasteiger partial charge in [0.1, 0.15) is 6.04 Å². The summed E-state index contributed by atoms with van der Waals surface area (Å²) >= 11 is 0. The Hall–Kier alpha value is -1.30. The van der Waals surface area contributed by atoms with Crippen molar-refractivity contribution in [1.82, 2.24) is 10.2 Å². The number of carboxylic acids is 1. The number of nitrogens with one attached hydrogen (secondary N) is 1. The molecule has 1 saturated heterocycles. The van der Waals surface area contributed by atoms with Gasteiger partial charge in [-0.25, -0.2) is 9.59 Å². The van der Waals surface area contributed by atoms with E-state index in [1.165, 1.54) is 4.90 Å². The monoisotopic (exact) mass is 286 g/mol. The van der Waals surface area contributed by atoms with E-state index in [9.17, 15) is 9.59 Å². The van der Waals surface area contributed by atoms with Crippen molar-refractivity contribution in [3.8, 4) is 0 Å². The van der Waals surface area contributed by atoms with Crippen LogP contribution in [0.2, 0.25) is 0 Å². The SMILES string of the molecule is CC(C)COCCCNC(=O)N1CCC(C)C1C(=O)O. The van der Waals surface area contributed by atoms with Crippen LogP contribution in [0.3, 0.4) is 0 Å². The molecule has 0 bridgehead atoms. The highest BCUT2D eigenvalue weighted by atomic mass is 16.5. The first kappa shape index (κ1) is 16.8. The number of likely N-dealkylation sites (tertiary alicyclic amines) is 1. The van der Waals surface area contributed by atoms with Gasteiger partial charge in [0.2, 0.25) is 0 Å². The van der Waals surface area contributed by atoms with Crippen molar-refractivity contribution in [2.45, 2.75) is 39.7 Å². The molecular formula is C14H26N2O4. The van der Waals surface area contributed by atoms with Gasteiger partial charge in [0, 0.05) is 26.3 Å². The fourth-order valence-electron chi connectivity index (χ4n) is 2.34. The van der Waals surface area contributed by atoms with Crippen molar-refractivity contribution in [2.75, 3.05) is 26.3 Å². The van der Waals surface area contributed by atoms with Crippen LogP contribution in [0.25, 0.3) is 0 Å². The largest absolute Gasteiger partial charge is 0.480 e. The molecule has 2 unspecified atom stereocenters.